The molecule has 0 aliphatic heterocycles. The Morgan fingerprint density at radius 1 is 1.08 bits per heavy atom. The lowest BCUT2D eigenvalue weighted by Gasteiger charge is -2.09. The lowest BCUT2D eigenvalue weighted by Crippen LogP contribution is -2.18. The summed E-state index contributed by atoms with van der Waals surface area (Å²) in [5.74, 6) is 0.996. The topological polar surface area (TPSA) is 106 Å². The van der Waals surface area contributed by atoms with Crippen LogP contribution in [0.2, 0.25) is 0 Å². The van der Waals surface area contributed by atoms with E-state index in [1.165, 1.54) is 44.7 Å². The number of hydrazone groups is 1. The van der Waals surface area contributed by atoms with Gasteiger partial charge < -0.3 is 19.3 Å². The number of phenolic OH excluding ortho intramolecular Hbond substituents is 1. The Morgan fingerprint density at radius 3 is 2.46 bits per heavy atom. The number of hydrogen-bond donors (Lipinski definition) is 2. The first-order valence-corrected chi connectivity index (χ1v) is 9.12. The molecule has 26 heavy (non-hydrogen) atoms. The molecule has 0 amide bonds. The van der Waals surface area contributed by atoms with Crippen molar-refractivity contribution in [3.63, 3.8) is 0 Å². The van der Waals surface area contributed by atoms with Crippen molar-refractivity contribution >= 4 is 16.2 Å². The second-order valence-corrected chi connectivity index (χ2v) is 6.69. The molecule has 0 radical (unpaired) electrons. The average Bonchev–Trinajstić information content (AvgIpc) is 2.63. The van der Waals surface area contributed by atoms with Crippen LogP contribution >= 0.6 is 0 Å². The Morgan fingerprint density at radius 2 is 1.81 bits per heavy atom. The van der Waals surface area contributed by atoms with Crippen molar-refractivity contribution in [3.05, 3.63) is 42.0 Å². The molecule has 9 heteroatoms. The molecule has 8 nitrogen and oxygen atoms in total. The van der Waals surface area contributed by atoms with E-state index in [0.29, 0.717) is 29.4 Å². The fraction of sp³-hybridized carbons (Fsp3) is 0.235. The van der Waals surface area contributed by atoms with E-state index < -0.39 is 10.0 Å². The number of benzene rings is 2. The molecule has 0 aliphatic rings. The highest BCUT2D eigenvalue weighted by Crippen LogP contribution is 2.29. The van der Waals surface area contributed by atoms with Crippen LogP contribution in [-0.2, 0) is 10.0 Å². The summed E-state index contributed by atoms with van der Waals surface area (Å²) in [5, 5.41) is 13.4. The monoisotopic (exact) mass is 380 g/mol. The van der Waals surface area contributed by atoms with Gasteiger partial charge in [0.2, 0.25) is 0 Å². The van der Waals surface area contributed by atoms with E-state index in [4.69, 9.17) is 14.2 Å². The number of nitrogens with zero attached hydrogens (tertiary/aromatic N) is 1. The molecule has 0 bridgehead atoms. The van der Waals surface area contributed by atoms with Crippen LogP contribution in [0.1, 0.15) is 12.5 Å². The molecule has 0 unspecified atom stereocenters. The quantitative estimate of drug-likeness (QED) is 0.537. The number of rotatable bonds is 8. The normalized spacial score (nSPS) is 11.3. The molecule has 0 saturated heterocycles. The zero-order valence-corrected chi connectivity index (χ0v) is 15.4. The summed E-state index contributed by atoms with van der Waals surface area (Å²) >= 11 is 0. The molecule has 0 aromatic heterocycles. The largest absolute Gasteiger partial charge is 0.504 e. The summed E-state index contributed by atoms with van der Waals surface area (Å²) in [6.45, 7) is 2.18. The van der Waals surface area contributed by atoms with Gasteiger partial charge in [0.25, 0.3) is 10.0 Å². The number of phenols is 1. The number of ether oxygens (including phenoxy) is 3. The van der Waals surface area contributed by atoms with Crippen LogP contribution in [0.15, 0.2) is 46.4 Å². The van der Waals surface area contributed by atoms with Crippen LogP contribution < -0.4 is 19.0 Å². The minimum Gasteiger partial charge on any atom is -0.504 e. The van der Waals surface area contributed by atoms with Gasteiger partial charge in [-0.05, 0) is 42.8 Å². The van der Waals surface area contributed by atoms with Gasteiger partial charge in [-0.25, -0.2) is 4.83 Å². The first-order chi connectivity index (χ1) is 12.4. The molecular weight excluding hydrogens is 360 g/mol. The molecule has 0 saturated carbocycles. The van der Waals surface area contributed by atoms with Crippen LogP contribution in [0.5, 0.6) is 23.0 Å². The lowest BCUT2D eigenvalue weighted by molar-refractivity contribution is 0.318. The highest BCUT2D eigenvalue weighted by Gasteiger charge is 2.16. The Labute approximate surface area is 152 Å². The van der Waals surface area contributed by atoms with Gasteiger partial charge in [0.05, 0.1) is 31.9 Å². The Kier molecular flexibility index (Phi) is 6.29. The molecule has 2 N–H and O–H groups in total. The van der Waals surface area contributed by atoms with Gasteiger partial charge in [-0.15, -0.1) is 0 Å². The number of nitrogens with one attached hydrogen (secondary N) is 1. The summed E-state index contributed by atoms with van der Waals surface area (Å²) in [4.78, 5) is 2.10. The van der Waals surface area contributed by atoms with E-state index >= 15 is 0 Å². The van der Waals surface area contributed by atoms with Crippen LogP contribution in [-0.4, -0.2) is 40.6 Å². The summed E-state index contributed by atoms with van der Waals surface area (Å²) in [5.41, 5.74) is 0.557. The van der Waals surface area contributed by atoms with Gasteiger partial charge in [0, 0.05) is 6.07 Å². The molecule has 0 aliphatic carbocycles. The van der Waals surface area contributed by atoms with Gasteiger partial charge in [-0.3, -0.25) is 0 Å². The van der Waals surface area contributed by atoms with Crippen molar-refractivity contribution in [1.82, 2.24) is 4.83 Å². The van der Waals surface area contributed by atoms with E-state index in [9.17, 15) is 13.5 Å². The SMILES string of the molecule is CCOc1cc(/C=N/NS(=O)(=O)c2ccc(OC)c(OC)c2)ccc1O. The van der Waals surface area contributed by atoms with Crippen LogP contribution in [0.25, 0.3) is 0 Å². The van der Waals surface area contributed by atoms with Crippen LogP contribution in [0.3, 0.4) is 0 Å². The van der Waals surface area contributed by atoms with Crippen molar-refractivity contribution in [2.24, 2.45) is 5.10 Å². The minimum absolute atomic E-state index is 0.00471. The number of sulfonamides is 1. The molecule has 0 heterocycles. The maximum absolute atomic E-state index is 12.3. The van der Waals surface area contributed by atoms with Crippen molar-refractivity contribution in [3.8, 4) is 23.0 Å². The predicted octanol–water partition coefficient (Wildman–Crippen LogP) is 2.12. The number of hydrogen-bond acceptors (Lipinski definition) is 7. The molecule has 0 atom stereocenters. The van der Waals surface area contributed by atoms with E-state index in [1.54, 1.807) is 19.1 Å². The fourth-order valence-electron chi connectivity index (χ4n) is 2.09. The highest BCUT2D eigenvalue weighted by molar-refractivity contribution is 7.89. The third-order valence-corrected chi connectivity index (χ3v) is 4.56. The summed E-state index contributed by atoms with van der Waals surface area (Å²) < 4.78 is 40.1. The third kappa shape index (κ3) is 4.57. The molecule has 2 aromatic carbocycles. The second-order valence-electron chi connectivity index (χ2n) is 5.03. The van der Waals surface area contributed by atoms with Gasteiger partial charge in [-0.2, -0.15) is 13.5 Å². The van der Waals surface area contributed by atoms with Crippen molar-refractivity contribution in [2.75, 3.05) is 20.8 Å². The lowest BCUT2D eigenvalue weighted by atomic mass is 10.2. The standard InChI is InChI=1S/C17H20N2O6S/c1-4-25-16-9-12(5-7-14(16)20)11-18-19-26(21,22)13-6-8-15(23-2)17(10-13)24-3/h5-11,19-20H,4H2,1-3H3/b18-11+. The first-order valence-electron chi connectivity index (χ1n) is 7.64. The average molecular weight is 380 g/mol. The van der Waals surface area contributed by atoms with E-state index in [1.807, 2.05) is 0 Å². The Balaban J connectivity index is 2.17. The summed E-state index contributed by atoms with van der Waals surface area (Å²) in [7, 11) is -1.00. The summed E-state index contributed by atoms with van der Waals surface area (Å²) in [6, 6.07) is 8.77. The minimum atomic E-state index is -3.88. The maximum Gasteiger partial charge on any atom is 0.276 e. The van der Waals surface area contributed by atoms with Gasteiger partial charge in [0.1, 0.15) is 0 Å². The first kappa shape index (κ1) is 19.4. The molecule has 2 rings (SSSR count). The van der Waals surface area contributed by atoms with Gasteiger partial charge in [-0.1, -0.05) is 0 Å². The second kappa shape index (κ2) is 8.43. The van der Waals surface area contributed by atoms with Crippen LogP contribution in [0.4, 0.5) is 0 Å². The molecule has 0 fully saturated rings. The highest BCUT2D eigenvalue weighted by atomic mass is 32.2. The molecule has 140 valence electrons. The fourth-order valence-corrected chi connectivity index (χ4v) is 2.90. The molecule has 0 spiro atoms. The smallest absolute Gasteiger partial charge is 0.276 e. The van der Waals surface area contributed by atoms with E-state index in [2.05, 4.69) is 9.93 Å². The van der Waals surface area contributed by atoms with Crippen molar-refractivity contribution < 1.29 is 27.7 Å². The van der Waals surface area contributed by atoms with Crippen LogP contribution in [0, 0.1) is 0 Å². The van der Waals surface area contributed by atoms with E-state index in [-0.39, 0.29) is 10.6 Å². The Hall–Kier alpha value is -2.94. The zero-order valence-electron chi connectivity index (χ0n) is 14.6. The maximum atomic E-state index is 12.3. The molecule has 2 aromatic rings. The van der Waals surface area contributed by atoms with Crippen molar-refractivity contribution in [1.29, 1.82) is 0 Å². The van der Waals surface area contributed by atoms with Gasteiger partial charge >= 0.3 is 0 Å². The predicted molar refractivity (Wildman–Crippen MR) is 96.7 cm³/mol. The summed E-state index contributed by atoms with van der Waals surface area (Å²) in [6.07, 6.45) is 1.31. The zero-order chi connectivity index (χ0) is 19.2. The van der Waals surface area contributed by atoms with Gasteiger partial charge in [0.15, 0.2) is 23.0 Å². The third-order valence-electron chi connectivity index (χ3n) is 3.34. The number of methoxy groups -OCH3 is 2. The van der Waals surface area contributed by atoms with Crippen molar-refractivity contribution in [2.45, 2.75) is 11.8 Å². The Bertz CT molecular complexity index is 896. The number of aromatic hydroxyl groups is 1. The van der Waals surface area contributed by atoms with E-state index in [0.717, 1.165) is 0 Å². The molecular formula is C17H20N2O6S.